The van der Waals surface area contributed by atoms with Crippen molar-refractivity contribution >= 4 is 0 Å². The van der Waals surface area contributed by atoms with E-state index >= 15 is 0 Å². The molecule has 0 amide bonds. The average Bonchev–Trinajstić information content (AvgIpc) is 2.36. The molecule has 2 atom stereocenters. The zero-order valence-electron chi connectivity index (χ0n) is 8.33. The number of rotatable bonds is 0. The molecular formula is C10H15N2O+. The van der Waals surface area contributed by atoms with Crippen molar-refractivity contribution in [1.82, 2.24) is 0 Å². The molecule has 2 rings (SSSR count). The molecule has 0 aromatic carbocycles. The summed E-state index contributed by atoms with van der Waals surface area (Å²) in [7, 11) is 0. The van der Waals surface area contributed by atoms with E-state index in [9.17, 15) is 5.11 Å². The normalized spacial score (nSPS) is 40.9. The zero-order valence-corrected chi connectivity index (χ0v) is 8.33. The molecule has 0 spiro atoms. The number of aliphatic hydroxyl groups is 1. The van der Waals surface area contributed by atoms with Gasteiger partial charge < -0.3 is 5.11 Å². The summed E-state index contributed by atoms with van der Waals surface area (Å²) in [6.07, 6.45) is 2.02. The van der Waals surface area contributed by atoms with Crippen molar-refractivity contribution in [3.63, 3.8) is 0 Å². The van der Waals surface area contributed by atoms with E-state index in [1.807, 2.05) is 0 Å². The van der Waals surface area contributed by atoms with Crippen LogP contribution in [-0.2, 0) is 0 Å². The Morgan fingerprint density at radius 3 is 2.38 bits per heavy atom. The van der Waals surface area contributed by atoms with Crippen molar-refractivity contribution in [2.45, 2.75) is 33.6 Å². The minimum absolute atomic E-state index is 0.0264. The Hall–Kier alpha value is -1.04. The minimum Gasteiger partial charge on any atom is -0.505 e. The van der Waals surface area contributed by atoms with Crippen LogP contribution in [0, 0.1) is 22.1 Å². The summed E-state index contributed by atoms with van der Waals surface area (Å²) in [5.74, 6) is 0.527. The molecule has 0 unspecified atom stereocenters. The van der Waals surface area contributed by atoms with Gasteiger partial charge in [0.25, 0.3) is 0 Å². The Labute approximate surface area is 78.1 Å². The third-order valence-corrected chi connectivity index (χ3v) is 4.43. The van der Waals surface area contributed by atoms with Crippen LogP contribution >= 0.6 is 0 Å². The summed E-state index contributed by atoms with van der Waals surface area (Å²) in [6.45, 7) is 6.33. The fourth-order valence-electron chi connectivity index (χ4n) is 2.97. The van der Waals surface area contributed by atoms with Gasteiger partial charge in [0.2, 0.25) is 5.39 Å². The van der Waals surface area contributed by atoms with Crippen LogP contribution in [-0.4, -0.2) is 5.11 Å². The molecule has 2 aliphatic rings. The van der Waals surface area contributed by atoms with Gasteiger partial charge in [-0.05, 0) is 18.3 Å². The first-order valence-electron chi connectivity index (χ1n) is 4.74. The molecule has 0 aromatic rings. The minimum atomic E-state index is -0.181. The van der Waals surface area contributed by atoms with Gasteiger partial charge >= 0.3 is 5.70 Å². The molecule has 1 fully saturated rings. The summed E-state index contributed by atoms with van der Waals surface area (Å²) in [4.78, 5) is 3.22. The quantitative estimate of drug-likeness (QED) is 0.581. The second-order valence-electron chi connectivity index (χ2n) is 4.98. The Morgan fingerprint density at radius 2 is 2.08 bits per heavy atom. The second-order valence-corrected chi connectivity index (χ2v) is 4.98. The van der Waals surface area contributed by atoms with Crippen LogP contribution in [0.2, 0.25) is 0 Å². The van der Waals surface area contributed by atoms with Gasteiger partial charge in [0.05, 0.1) is 5.92 Å². The molecule has 0 aromatic heterocycles. The first kappa shape index (κ1) is 8.55. The van der Waals surface area contributed by atoms with Crippen molar-refractivity contribution in [2.24, 2.45) is 16.7 Å². The molecular weight excluding hydrogens is 164 g/mol. The average molecular weight is 179 g/mol. The van der Waals surface area contributed by atoms with E-state index < -0.39 is 0 Å². The molecule has 1 saturated carbocycles. The molecule has 0 aliphatic heterocycles. The molecule has 3 nitrogen and oxygen atoms in total. The van der Waals surface area contributed by atoms with Crippen LogP contribution in [0.1, 0.15) is 33.6 Å². The lowest BCUT2D eigenvalue weighted by atomic mass is 9.70. The monoisotopic (exact) mass is 179 g/mol. The van der Waals surface area contributed by atoms with Gasteiger partial charge in [-0.15, -0.1) is 0 Å². The van der Waals surface area contributed by atoms with Gasteiger partial charge in [-0.25, -0.2) is 0 Å². The summed E-state index contributed by atoms with van der Waals surface area (Å²) in [5.41, 5.74) is 0.358. The van der Waals surface area contributed by atoms with E-state index in [0.29, 0.717) is 11.5 Å². The highest BCUT2D eigenvalue weighted by atomic mass is 16.3. The Kier molecular flexibility index (Phi) is 1.36. The third-order valence-electron chi connectivity index (χ3n) is 4.43. The van der Waals surface area contributed by atoms with E-state index in [4.69, 9.17) is 5.39 Å². The van der Waals surface area contributed by atoms with E-state index in [2.05, 4.69) is 25.7 Å². The van der Waals surface area contributed by atoms with E-state index in [-0.39, 0.29) is 16.7 Å². The van der Waals surface area contributed by atoms with Gasteiger partial charge in [-0.3, -0.25) is 0 Å². The topological polar surface area (TPSA) is 48.4 Å². The van der Waals surface area contributed by atoms with Gasteiger partial charge in [0.15, 0.2) is 10.7 Å². The molecule has 2 bridgehead atoms. The summed E-state index contributed by atoms with van der Waals surface area (Å²) < 4.78 is 0. The van der Waals surface area contributed by atoms with Gasteiger partial charge in [0.1, 0.15) is 0 Å². The van der Waals surface area contributed by atoms with Gasteiger partial charge in [0, 0.05) is 5.41 Å². The number of allylic oxidation sites excluding steroid dienone is 2. The SMILES string of the molecule is CC1(C)[C@H]2CC[C@@]1(C)C(O)=C2[N+]#N. The number of nitrogens with zero attached hydrogens (tertiary/aromatic N) is 2. The largest absolute Gasteiger partial charge is 0.505 e. The summed E-state index contributed by atoms with van der Waals surface area (Å²) in [5, 5.41) is 18.7. The number of hydrogen-bond donors (Lipinski definition) is 1. The molecule has 3 heteroatoms. The van der Waals surface area contributed by atoms with Crippen molar-refractivity contribution in [3.8, 4) is 0 Å². The maximum atomic E-state index is 9.90. The van der Waals surface area contributed by atoms with E-state index in [0.717, 1.165) is 12.8 Å². The highest BCUT2D eigenvalue weighted by Crippen LogP contribution is 2.67. The van der Waals surface area contributed by atoms with Gasteiger partial charge in [-0.2, -0.15) is 0 Å². The fraction of sp³-hybridized carbons (Fsp3) is 0.800. The van der Waals surface area contributed by atoms with E-state index in [1.54, 1.807) is 0 Å². The first-order valence-corrected chi connectivity index (χ1v) is 4.74. The molecule has 13 heavy (non-hydrogen) atoms. The Balaban J connectivity index is 2.60. The number of fused-ring (bicyclic) bond motifs is 2. The van der Waals surface area contributed by atoms with E-state index in [1.165, 1.54) is 0 Å². The Morgan fingerprint density at radius 1 is 1.46 bits per heavy atom. The summed E-state index contributed by atoms with van der Waals surface area (Å²) >= 11 is 0. The summed E-state index contributed by atoms with van der Waals surface area (Å²) in [6, 6.07) is 0. The lowest BCUT2D eigenvalue weighted by Crippen LogP contribution is -2.29. The molecule has 70 valence electrons. The van der Waals surface area contributed by atoms with Crippen molar-refractivity contribution < 1.29 is 5.11 Å². The first-order chi connectivity index (χ1) is 5.95. The Bertz CT molecular complexity index is 337. The third kappa shape index (κ3) is 0.680. The lowest BCUT2D eigenvalue weighted by Gasteiger charge is -2.33. The molecule has 0 radical (unpaired) electrons. The van der Waals surface area contributed by atoms with Crippen LogP contribution in [0.3, 0.4) is 0 Å². The molecule has 0 saturated heterocycles. The number of diazo groups is 1. The maximum absolute atomic E-state index is 9.90. The highest BCUT2D eigenvalue weighted by molar-refractivity contribution is 5.37. The second kappa shape index (κ2) is 2.06. The van der Waals surface area contributed by atoms with Crippen LogP contribution in [0.25, 0.3) is 4.98 Å². The fourth-order valence-corrected chi connectivity index (χ4v) is 2.97. The van der Waals surface area contributed by atoms with Crippen LogP contribution in [0.15, 0.2) is 11.5 Å². The van der Waals surface area contributed by atoms with Gasteiger partial charge in [-0.1, -0.05) is 20.8 Å². The van der Waals surface area contributed by atoms with Crippen LogP contribution < -0.4 is 0 Å². The molecule has 0 heterocycles. The smallest absolute Gasteiger partial charge is 0.402 e. The number of aliphatic hydroxyl groups excluding tert-OH is 1. The predicted octanol–water partition coefficient (Wildman–Crippen LogP) is 3.07. The van der Waals surface area contributed by atoms with Crippen molar-refractivity contribution in [2.75, 3.05) is 0 Å². The van der Waals surface area contributed by atoms with Crippen LogP contribution in [0.4, 0.5) is 0 Å². The van der Waals surface area contributed by atoms with Crippen molar-refractivity contribution in [1.29, 1.82) is 5.39 Å². The molecule has 2 aliphatic carbocycles. The van der Waals surface area contributed by atoms with Crippen molar-refractivity contribution in [3.05, 3.63) is 16.4 Å². The molecule has 1 N–H and O–H groups in total. The van der Waals surface area contributed by atoms with Crippen LogP contribution in [0.5, 0.6) is 0 Å². The predicted molar refractivity (Wildman–Crippen MR) is 49.4 cm³/mol. The highest BCUT2D eigenvalue weighted by Gasteiger charge is 2.67. The standard InChI is InChI=1S/C10H14N2O/c1-9(2)6-4-5-10(9,3)8(13)7(6)12-11/h6H,4-5H2,1-3H3/p+1/t6-,10-/m0/s1. The number of hydrogen-bond acceptors (Lipinski definition) is 2. The lowest BCUT2D eigenvalue weighted by molar-refractivity contribution is 0.123. The zero-order chi connectivity index (χ0) is 9.85. The maximum Gasteiger partial charge on any atom is 0.402 e.